The second-order valence-electron chi connectivity index (χ2n) is 8.19. The quantitative estimate of drug-likeness (QED) is 0.120. The van der Waals surface area contributed by atoms with Gasteiger partial charge in [-0.1, -0.05) is 114 Å². The lowest BCUT2D eigenvalue weighted by Gasteiger charge is -2.17. The highest BCUT2D eigenvalue weighted by Gasteiger charge is 2.13. The fraction of sp³-hybridized carbons (Fsp3) is 0.731. The third-order valence-electron chi connectivity index (χ3n) is 5.60. The zero-order valence-corrected chi connectivity index (χ0v) is 19.4. The molecule has 1 aromatic rings. The van der Waals surface area contributed by atoms with E-state index >= 15 is 0 Å². The summed E-state index contributed by atoms with van der Waals surface area (Å²) >= 11 is 5.79. The molecular weight excluding hydrogens is 380 g/mol. The van der Waals surface area contributed by atoms with Crippen LogP contribution in [0.25, 0.3) is 0 Å². The summed E-state index contributed by atoms with van der Waals surface area (Å²) in [5.74, 6) is 0.724. The molecule has 0 aliphatic rings. The van der Waals surface area contributed by atoms with Crippen LogP contribution in [0.15, 0.2) is 30.3 Å². The predicted octanol–water partition coefficient (Wildman–Crippen LogP) is 8.36. The number of ether oxygens (including phenoxy) is 1. The molecule has 1 aromatic carbocycles. The number of hydrogen-bond donors (Lipinski definition) is 0. The molecule has 0 saturated carbocycles. The normalized spacial score (nSPS) is 12.2. The van der Waals surface area contributed by atoms with Crippen LogP contribution in [0.1, 0.15) is 114 Å². The predicted molar refractivity (Wildman–Crippen MR) is 126 cm³/mol. The molecule has 0 heterocycles. The number of alkyl halides is 1. The molecule has 3 heteroatoms. The lowest BCUT2D eigenvalue weighted by molar-refractivity contribution is 0.0473. The number of benzene rings is 1. The van der Waals surface area contributed by atoms with Crippen molar-refractivity contribution < 1.29 is 9.53 Å². The number of unbranched alkanes of at least 4 members (excludes halogenated alkanes) is 11. The van der Waals surface area contributed by atoms with Gasteiger partial charge in [-0.3, -0.25) is 4.79 Å². The fourth-order valence-electron chi connectivity index (χ4n) is 3.80. The molecule has 0 N–H and O–H groups in total. The molecule has 29 heavy (non-hydrogen) atoms. The van der Waals surface area contributed by atoms with E-state index in [4.69, 9.17) is 16.3 Å². The molecule has 2 nitrogen and oxygen atoms in total. The smallest absolute Gasteiger partial charge is 0.162 e. The lowest BCUT2D eigenvalue weighted by Crippen LogP contribution is -2.16. The van der Waals surface area contributed by atoms with Crippen molar-refractivity contribution in [3.63, 3.8) is 0 Å². The van der Waals surface area contributed by atoms with Crippen LogP contribution in [0, 0.1) is 0 Å². The van der Waals surface area contributed by atoms with E-state index in [2.05, 4.69) is 6.92 Å². The maximum atomic E-state index is 12.3. The average molecular weight is 423 g/mol. The molecule has 0 amide bonds. The van der Waals surface area contributed by atoms with Gasteiger partial charge in [0.25, 0.3) is 0 Å². The van der Waals surface area contributed by atoms with E-state index < -0.39 is 0 Å². The summed E-state index contributed by atoms with van der Waals surface area (Å²) in [5, 5.41) is 0. The molecule has 1 rings (SSSR count). The van der Waals surface area contributed by atoms with Gasteiger partial charge in [0.1, 0.15) is 0 Å². The average Bonchev–Trinajstić information content (AvgIpc) is 2.76. The van der Waals surface area contributed by atoms with Crippen molar-refractivity contribution in [2.45, 2.75) is 109 Å². The van der Waals surface area contributed by atoms with Crippen LogP contribution in [-0.2, 0) is 4.74 Å². The van der Waals surface area contributed by atoms with E-state index in [0.29, 0.717) is 18.9 Å². The first-order valence-electron chi connectivity index (χ1n) is 12.0. The first-order chi connectivity index (χ1) is 14.3. The van der Waals surface area contributed by atoms with Crippen molar-refractivity contribution in [1.82, 2.24) is 0 Å². The van der Waals surface area contributed by atoms with E-state index in [1.54, 1.807) is 0 Å². The number of Topliss-reactive ketones (excluding diaryl/α,β-unsaturated/α-hetero) is 1. The lowest BCUT2D eigenvalue weighted by atomic mass is 10.00. The monoisotopic (exact) mass is 422 g/mol. The van der Waals surface area contributed by atoms with Gasteiger partial charge in [-0.05, 0) is 12.8 Å². The number of carbonyl (C=O) groups is 1. The molecule has 0 aromatic heterocycles. The summed E-state index contributed by atoms with van der Waals surface area (Å²) in [6, 6.07) is 9.56. The Kier molecular flexibility index (Phi) is 17.3. The summed E-state index contributed by atoms with van der Waals surface area (Å²) in [6.07, 6.45) is 18.8. The summed E-state index contributed by atoms with van der Waals surface area (Å²) < 4.78 is 5.89. The van der Waals surface area contributed by atoms with Gasteiger partial charge in [0.15, 0.2) is 5.78 Å². The van der Waals surface area contributed by atoms with Crippen molar-refractivity contribution in [3.05, 3.63) is 35.9 Å². The van der Waals surface area contributed by atoms with Crippen LogP contribution in [0.3, 0.4) is 0 Å². The second-order valence-corrected chi connectivity index (χ2v) is 8.57. The Labute approximate surface area is 184 Å². The molecule has 1 atom stereocenters. The number of rotatable bonds is 20. The topological polar surface area (TPSA) is 26.3 Å². The summed E-state index contributed by atoms with van der Waals surface area (Å²) in [4.78, 5) is 12.3. The molecule has 0 bridgehead atoms. The maximum Gasteiger partial charge on any atom is 0.162 e. The second kappa shape index (κ2) is 19.1. The molecule has 0 fully saturated rings. The Morgan fingerprint density at radius 3 is 1.93 bits per heavy atom. The molecule has 1 unspecified atom stereocenters. The fourth-order valence-corrected chi connectivity index (χ4v) is 3.88. The van der Waals surface area contributed by atoms with E-state index in [1.807, 2.05) is 30.3 Å². The highest BCUT2D eigenvalue weighted by molar-refractivity contribution is 6.17. The van der Waals surface area contributed by atoms with Gasteiger partial charge in [-0.2, -0.15) is 0 Å². The molecule has 0 aliphatic heterocycles. The van der Waals surface area contributed by atoms with Crippen LogP contribution in [-0.4, -0.2) is 24.4 Å². The standard InChI is InChI=1S/C26H43ClO2/c1-2-3-4-5-6-7-8-9-10-11-12-16-19-25(29-23-22-27)20-21-26(28)24-17-14-13-15-18-24/h13-15,17-18,25H,2-12,16,19-23H2,1H3. The third kappa shape index (κ3) is 14.7. The van der Waals surface area contributed by atoms with Crippen LogP contribution in [0.2, 0.25) is 0 Å². The zero-order chi connectivity index (χ0) is 21.0. The molecule has 0 saturated heterocycles. The summed E-state index contributed by atoms with van der Waals surface area (Å²) in [5.41, 5.74) is 0.800. The first-order valence-corrected chi connectivity index (χ1v) is 12.6. The number of ketones is 1. The Balaban J connectivity index is 2.07. The zero-order valence-electron chi connectivity index (χ0n) is 18.7. The van der Waals surface area contributed by atoms with Crippen molar-refractivity contribution >= 4 is 17.4 Å². The van der Waals surface area contributed by atoms with Gasteiger partial charge in [-0.15, -0.1) is 11.6 Å². The van der Waals surface area contributed by atoms with E-state index in [9.17, 15) is 4.79 Å². The Hall–Kier alpha value is -0.860. The van der Waals surface area contributed by atoms with Crippen LogP contribution >= 0.6 is 11.6 Å². The van der Waals surface area contributed by atoms with Crippen LogP contribution in [0.4, 0.5) is 0 Å². The molecular formula is C26H43ClO2. The van der Waals surface area contributed by atoms with E-state index in [0.717, 1.165) is 18.4 Å². The number of carbonyl (C=O) groups excluding carboxylic acids is 1. The SMILES string of the molecule is CCCCCCCCCCCCCCC(CCC(=O)c1ccccc1)OCCCl. The van der Waals surface area contributed by atoms with Crippen molar-refractivity contribution in [2.75, 3.05) is 12.5 Å². The van der Waals surface area contributed by atoms with Gasteiger partial charge in [0, 0.05) is 17.9 Å². The Morgan fingerprint density at radius 2 is 1.38 bits per heavy atom. The van der Waals surface area contributed by atoms with Gasteiger partial charge in [0.2, 0.25) is 0 Å². The van der Waals surface area contributed by atoms with Crippen molar-refractivity contribution in [1.29, 1.82) is 0 Å². The number of halogens is 1. The van der Waals surface area contributed by atoms with Crippen LogP contribution in [0.5, 0.6) is 0 Å². The maximum absolute atomic E-state index is 12.3. The van der Waals surface area contributed by atoms with Crippen LogP contribution < -0.4 is 0 Å². The van der Waals surface area contributed by atoms with Crippen molar-refractivity contribution in [2.24, 2.45) is 0 Å². The minimum Gasteiger partial charge on any atom is -0.377 e. The Bertz CT molecular complexity index is 489. The third-order valence-corrected chi connectivity index (χ3v) is 5.75. The molecule has 0 radical (unpaired) electrons. The van der Waals surface area contributed by atoms with Gasteiger partial charge < -0.3 is 4.74 Å². The van der Waals surface area contributed by atoms with Gasteiger partial charge in [0.05, 0.1) is 12.7 Å². The van der Waals surface area contributed by atoms with Crippen molar-refractivity contribution in [3.8, 4) is 0 Å². The summed E-state index contributed by atoms with van der Waals surface area (Å²) in [7, 11) is 0. The van der Waals surface area contributed by atoms with E-state index in [1.165, 1.54) is 77.0 Å². The molecule has 0 spiro atoms. The highest BCUT2D eigenvalue weighted by atomic mass is 35.5. The van der Waals surface area contributed by atoms with Gasteiger partial charge in [-0.25, -0.2) is 0 Å². The Morgan fingerprint density at radius 1 is 0.828 bits per heavy atom. The minimum absolute atomic E-state index is 0.157. The number of hydrogen-bond acceptors (Lipinski definition) is 2. The molecule has 0 aliphatic carbocycles. The molecule has 166 valence electrons. The first kappa shape index (κ1) is 26.2. The largest absolute Gasteiger partial charge is 0.377 e. The van der Waals surface area contributed by atoms with Gasteiger partial charge >= 0.3 is 0 Å². The summed E-state index contributed by atoms with van der Waals surface area (Å²) in [6.45, 7) is 2.85. The highest BCUT2D eigenvalue weighted by Crippen LogP contribution is 2.17. The minimum atomic E-state index is 0.157. The van der Waals surface area contributed by atoms with E-state index in [-0.39, 0.29) is 11.9 Å².